The van der Waals surface area contributed by atoms with Crippen LogP contribution in [-0.4, -0.2) is 23.1 Å². The average Bonchev–Trinajstić information content (AvgIpc) is 2.77. The second kappa shape index (κ2) is 4.23. The van der Waals surface area contributed by atoms with Gasteiger partial charge in [0.1, 0.15) is 0 Å². The number of non-ortho nitro benzene ring substituents is 1. The minimum absolute atomic E-state index is 0.00681. The minimum Gasteiger partial charge on any atom is -0.351 e. The highest BCUT2D eigenvalue weighted by Gasteiger charge is 2.27. The van der Waals surface area contributed by atoms with Gasteiger partial charge in [-0.3, -0.25) is 10.1 Å². The predicted octanol–water partition coefficient (Wildman–Crippen LogP) is 1.61. The summed E-state index contributed by atoms with van der Waals surface area (Å²) in [5.74, 6) is 0. The molecule has 16 heavy (non-hydrogen) atoms. The first-order valence-electron chi connectivity index (χ1n) is 4.68. The molecule has 1 aliphatic heterocycles. The van der Waals surface area contributed by atoms with E-state index in [9.17, 15) is 15.0 Å². The number of ether oxygens (including phenoxy) is 1. The Morgan fingerprint density at radius 2 is 2.12 bits per heavy atom. The molecular formula is C9H9N3O4. The molecular weight excluding hydrogens is 214 g/mol. The number of hydrogen-bond acceptors (Lipinski definition) is 5. The molecule has 1 saturated heterocycles. The van der Waals surface area contributed by atoms with Crippen molar-refractivity contribution in [1.29, 1.82) is 0 Å². The third kappa shape index (κ3) is 1.84. The zero-order valence-electron chi connectivity index (χ0n) is 8.28. The quantitative estimate of drug-likeness (QED) is 0.441. The number of nitrogens with zero attached hydrogens (tertiary/aromatic N) is 3. The smallest absolute Gasteiger partial charge is 0.269 e. The van der Waals surface area contributed by atoms with Crippen molar-refractivity contribution in [2.45, 2.75) is 6.23 Å². The fraction of sp³-hybridized carbons (Fsp3) is 0.333. The number of nitroso groups, excluding NO2 is 1. The van der Waals surface area contributed by atoms with Crippen LogP contribution in [-0.2, 0) is 4.74 Å². The van der Waals surface area contributed by atoms with Crippen LogP contribution in [0.4, 0.5) is 5.69 Å². The Labute approximate surface area is 90.7 Å². The van der Waals surface area contributed by atoms with E-state index in [1.165, 1.54) is 17.1 Å². The van der Waals surface area contributed by atoms with Crippen LogP contribution >= 0.6 is 0 Å². The fourth-order valence-electron chi connectivity index (χ4n) is 1.57. The van der Waals surface area contributed by atoms with E-state index in [1.807, 2.05) is 0 Å². The third-order valence-electron chi connectivity index (χ3n) is 2.36. The molecule has 0 aromatic heterocycles. The highest BCUT2D eigenvalue weighted by atomic mass is 16.6. The molecule has 0 bridgehead atoms. The molecule has 1 atom stereocenters. The monoisotopic (exact) mass is 223 g/mol. The van der Waals surface area contributed by atoms with E-state index < -0.39 is 11.2 Å². The topological polar surface area (TPSA) is 85.0 Å². The zero-order valence-corrected chi connectivity index (χ0v) is 8.28. The van der Waals surface area contributed by atoms with Gasteiger partial charge in [0.15, 0.2) is 6.23 Å². The van der Waals surface area contributed by atoms with Crippen LogP contribution in [0.1, 0.15) is 11.8 Å². The molecule has 7 heteroatoms. The largest absolute Gasteiger partial charge is 0.351 e. The minimum atomic E-state index is -0.529. The molecule has 1 heterocycles. The lowest BCUT2D eigenvalue weighted by Gasteiger charge is -2.16. The van der Waals surface area contributed by atoms with Crippen molar-refractivity contribution in [1.82, 2.24) is 5.01 Å². The Hall–Kier alpha value is -2.02. The lowest BCUT2D eigenvalue weighted by Crippen LogP contribution is -2.16. The van der Waals surface area contributed by atoms with E-state index in [-0.39, 0.29) is 5.69 Å². The van der Waals surface area contributed by atoms with Crippen molar-refractivity contribution >= 4 is 5.69 Å². The molecule has 7 nitrogen and oxygen atoms in total. The Morgan fingerprint density at radius 3 is 2.69 bits per heavy atom. The maximum atomic E-state index is 10.5. The first-order chi connectivity index (χ1) is 7.72. The van der Waals surface area contributed by atoms with Crippen molar-refractivity contribution in [2.24, 2.45) is 5.29 Å². The molecule has 1 aromatic carbocycles. The predicted molar refractivity (Wildman–Crippen MR) is 54.3 cm³/mol. The summed E-state index contributed by atoms with van der Waals surface area (Å²) in [7, 11) is 0. The highest BCUT2D eigenvalue weighted by molar-refractivity contribution is 5.33. The molecule has 0 amide bonds. The van der Waals surface area contributed by atoms with Crippen LogP contribution < -0.4 is 0 Å². The zero-order chi connectivity index (χ0) is 11.5. The standard InChI is InChI=1S/C9H9N3O4/c13-10-11-5-6-16-9(11)7-1-3-8(4-2-7)12(14)15/h1-4,9H,5-6H2. The Kier molecular flexibility index (Phi) is 2.78. The van der Waals surface area contributed by atoms with Crippen LogP contribution in [0.15, 0.2) is 29.6 Å². The number of nitro benzene ring substituents is 1. The lowest BCUT2D eigenvalue weighted by atomic mass is 10.2. The molecule has 0 aliphatic carbocycles. The van der Waals surface area contributed by atoms with Gasteiger partial charge in [0, 0.05) is 17.7 Å². The van der Waals surface area contributed by atoms with Crippen molar-refractivity contribution in [2.75, 3.05) is 13.2 Å². The van der Waals surface area contributed by atoms with Crippen molar-refractivity contribution in [3.8, 4) is 0 Å². The van der Waals surface area contributed by atoms with Gasteiger partial charge in [-0.2, -0.15) is 0 Å². The fourth-order valence-corrected chi connectivity index (χ4v) is 1.57. The van der Waals surface area contributed by atoms with Crippen LogP contribution in [0.3, 0.4) is 0 Å². The van der Waals surface area contributed by atoms with E-state index in [1.54, 1.807) is 12.1 Å². The second-order valence-corrected chi connectivity index (χ2v) is 3.32. The molecule has 2 rings (SSSR count). The maximum Gasteiger partial charge on any atom is 0.269 e. The van der Waals surface area contributed by atoms with Crippen LogP contribution in [0.5, 0.6) is 0 Å². The molecule has 84 valence electrons. The van der Waals surface area contributed by atoms with E-state index in [0.29, 0.717) is 18.7 Å². The molecule has 0 spiro atoms. The first-order valence-corrected chi connectivity index (χ1v) is 4.68. The van der Waals surface area contributed by atoms with E-state index in [4.69, 9.17) is 4.74 Å². The van der Waals surface area contributed by atoms with E-state index in [2.05, 4.69) is 5.29 Å². The normalized spacial score (nSPS) is 19.8. The number of rotatable bonds is 3. The SMILES string of the molecule is O=NN1CCOC1c1ccc([N+](=O)[O-])cc1. The van der Waals surface area contributed by atoms with Crippen molar-refractivity contribution < 1.29 is 9.66 Å². The van der Waals surface area contributed by atoms with Gasteiger partial charge in [0.25, 0.3) is 5.69 Å². The molecule has 1 unspecified atom stereocenters. The molecule has 0 N–H and O–H groups in total. The average molecular weight is 223 g/mol. The van der Waals surface area contributed by atoms with Gasteiger partial charge < -0.3 is 4.74 Å². The number of benzene rings is 1. The molecule has 0 saturated carbocycles. The van der Waals surface area contributed by atoms with Gasteiger partial charge in [-0.05, 0) is 12.1 Å². The van der Waals surface area contributed by atoms with Gasteiger partial charge in [0.2, 0.25) is 0 Å². The molecule has 1 aliphatic rings. The van der Waals surface area contributed by atoms with Gasteiger partial charge in [-0.25, -0.2) is 5.01 Å². The summed E-state index contributed by atoms with van der Waals surface area (Å²) in [5.41, 5.74) is 0.690. The summed E-state index contributed by atoms with van der Waals surface area (Å²) in [6, 6.07) is 5.87. The Balaban J connectivity index is 2.21. The molecule has 0 radical (unpaired) electrons. The number of hydrogen-bond donors (Lipinski definition) is 0. The van der Waals surface area contributed by atoms with E-state index >= 15 is 0 Å². The van der Waals surface area contributed by atoms with Crippen LogP contribution in [0.25, 0.3) is 0 Å². The van der Waals surface area contributed by atoms with Crippen LogP contribution in [0.2, 0.25) is 0 Å². The van der Waals surface area contributed by atoms with Crippen molar-refractivity contribution in [3.63, 3.8) is 0 Å². The maximum absolute atomic E-state index is 10.5. The molecule has 1 aromatic rings. The van der Waals surface area contributed by atoms with Crippen molar-refractivity contribution in [3.05, 3.63) is 44.9 Å². The van der Waals surface area contributed by atoms with Gasteiger partial charge >= 0.3 is 0 Å². The second-order valence-electron chi connectivity index (χ2n) is 3.32. The Morgan fingerprint density at radius 1 is 1.44 bits per heavy atom. The van der Waals surface area contributed by atoms with Crippen LogP contribution in [0, 0.1) is 15.0 Å². The van der Waals surface area contributed by atoms with E-state index in [0.717, 1.165) is 0 Å². The Bertz CT molecular complexity index is 406. The summed E-state index contributed by atoms with van der Waals surface area (Å²) in [5, 5.41) is 14.5. The highest BCUT2D eigenvalue weighted by Crippen LogP contribution is 2.27. The van der Waals surface area contributed by atoms with Gasteiger partial charge in [0.05, 0.1) is 23.4 Å². The van der Waals surface area contributed by atoms with Gasteiger partial charge in [-0.15, -0.1) is 4.91 Å². The molecule has 1 fully saturated rings. The number of nitro groups is 1. The summed E-state index contributed by atoms with van der Waals surface area (Å²) in [4.78, 5) is 20.4. The summed E-state index contributed by atoms with van der Waals surface area (Å²) < 4.78 is 5.31. The summed E-state index contributed by atoms with van der Waals surface area (Å²) in [6.45, 7) is 0.860. The summed E-state index contributed by atoms with van der Waals surface area (Å²) in [6.07, 6.45) is -0.529. The van der Waals surface area contributed by atoms with Gasteiger partial charge in [-0.1, -0.05) is 0 Å². The lowest BCUT2D eigenvalue weighted by molar-refractivity contribution is -0.384. The summed E-state index contributed by atoms with van der Waals surface area (Å²) >= 11 is 0. The third-order valence-corrected chi connectivity index (χ3v) is 2.36. The first kappa shape index (κ1) is 10.5.